The van der Waals surface area contributed by atoms with Gasteiger partial charge in [-0.2, -0.15) is 0 Å². The maximum Gasteiger partial charge on any atom is 0.326 e. The van der Waals surface area contributed by atoms with Crippen molar-refractivity contribution in [2.75, 3.05) is 0 Å². The number of aromatic nitrogens is 1. The number of nitrogens with one attached hydrogen (secondary N) is 1. The van der Waals surface area contributed by atoms with Gasteiger partial charge in [0.25, 0.3) is 0 Å². The van der Waals surface area contributed by atoms with E-state index in [4.69, 9.17) is 0 Å². The van der Waals surface area contributed by atoms with Gasteiger partial charge >= 0.3 is 5.97 Å². The lowest BCUT2D eigenvalue weighted by Crippen LogP contribution is -2.43. The van der Waals surface area contributed by atoms with Crippen LogP contribution in [0.15, 0.2) is 48.8 Å². The van der Waals surface area contributed by atoms with E-state index in [1.165, 1.54) is 12.1 Å². The third-order valence-electron chi connectivity index (χ3n) is 3.12. The number of phenols is 1. The SMILES string of the molecule is O=C(Cc1ccncc1)NC(Cc1ccc(O)cc1)C(=O)O. The van der Waals surface area contributed by atoms with Gasteiger partial charge in [-0.1, -0.05) is 12.1 Å². The average Bonchev–Trinajstić information content (AvgIpc) is 2.49. The molecule has 2 rings (SSSR count). The molecule has 2 aromatic rings. The van der Waals surface area contributed by atoms with Crippen LogP contribution in [-0.4, -0.2) is 33.1 Å². The van der Waals surface area contributed by atoms with Gasteiger partial charge in [0, 0.05) is 18.8 Å². The summed E-state index contributed by atoms with van der Waals surface area (Å²) in [5, 5.41) is 21.0. The van der Waals surface area contributed by atoms with Crippen molar-refractivity contribution in [3.63, 3.8) is 0 Å². The second kappa shape index (κ2) is 7.21. The standard InChI is InChI=1S/C16H16N2O4/c19-13-3-1-11(2-4-13)9-14(16(21)22)18-15(20)10-12-5-7-17-8-6-12/h1-8,14,19H,9-10H2,(H,18,20)(H,21,22). The quantitative estimate of drug-likeness (QED) is 0.743. The van der Waals surface area contributed by atoms with E-state index in [0.717, 1.165) is 11.1 Å². The number of carbonyl (C=O) groups is 2. The second-order valence-corrected chi connectivity index (χ2v) is 4.86. The molecule has 6 heteroatoms. The number of carbonyl (C=O) groups excluding carboxylic acids is 1. The number of aliphatic carboxylic acids is 1. The molecule has 0 saturated heterocycles. The van der Waals surface area contributed by atoms with Crippen LogP contribution in [0.5, 0.6) is 5.75 Å². The first-order chi connectivity index (χ1) is 10.5. The Morgan fingerprint density at radius 3 is 2.27 bits per heavy atom. The molecule has 0 radical (unpaired) electrons. The lowest BCUT2D eigenvalue weighted by molar-refractivity contribution is -0.141. The molecule has 1 atom stereocenters. The highest BCUT2D eigenvalue weighted by Gasteiger charge is 2.20. The molecule has 6 nitrogen and oxygen atoms in total. The Balaban J connectivity index is 1.98. The minimum atomic E-state index is -1.10. The fraction of sp³-hybridized carbons (Fsp3) is 0.188. The molecule has 1 aromatic carbocycles. The third kappa shape index (κ3) is 4.59. The number of hydrogen-bond donors (Lipinski definition) is 3. The minimum absolute atomic E-state index is 0.0991. The van der Waals surface area contributed by atoms with Crippen molar-refractivity contribution in [2.45, 2.75) is 18.9 Å². The predicted molar refractivity (Wildman–Crippen MR) is 79.3 cm³/mol. The Kier molecular flexibility index (Phi) is 5.08. The number of carboxylic acid groups (broad SMARTS) is 1. The Morgan fingerprint density at radius 2 is 1.68 bits per heavy atom. The second-order valence-electron chi connectivity index (χ2n) is 4.86. The van der Waals surface area contributed by atoms with E-state index in [0.29, 0.717) is 0 Å². The highest BCUT2D eigenvalue weighted by atomic mass is 16.4. The molecule has 0 aliphatic carbocycles. The zero-order valence-electron chi connectivity index (χ0n) is 11.8. The maximum absolute atomic E-state index is 11.9. The van der Waals surface area contributed by atoms with Crippen LogP contribution in [0, 0.1) is 0 Å². The number of aromatic hydroxyl groups is 1. The maximum atomic E-state index is 11.9. The molecule has 3 N–H and O–H groups in total. The number of nitrogens with zero attached hydrogens (tertiary/aromatic N) is 1. The molecule has 0 fully saturated rings. The molecule has 0 bridgehead atoms. The van der Waals surface area contributed by atoms with E-state index in [2.05, 4.69) is 10.3 Å². The van der Waals surface area contributed by atoms with Crippen molar-refractivity contribution in [3.8, 4) is 5.75 Å². The smallest absolute Gasteiger partial charge is 0.326 e. The molecule has 22 heavy (non-hydrogen) atoms. The van der Waals surface area contributed by atoms with Crippen molar-refractivity contribution >= 4 is 11.9 Å². The van der Waals surface area contributed by atoms with Crippen LogP contribution >= 0.6 is 0 Å². The van der Waals surface area contributed by atoms with Gasteiger partial charge in [-0.3, -0.25) is 9.78 Å². The molecule has 0 aliphatic rings. The summed E-state index contributed by atoms with van der Waals surface area (Å²) < 4.78 is 0. The Labute approximate surface area is 127 Å². The van der Waals surface area contributed by atoms with Crippen molar-refractivity contribution < 1.29 is 19.8 Å². The zero-order chi connectivity index (χ0) is 15.9. The molecule has 0 saturated carbocycles. The van der Waals surface area contributed by atoms with Crippen LogP contribution in [0.1, 0.15) is 11.1 Å². The average molecular weight is 300 g/mol. The molecular weight excluding hydrogens is 284 g/mol. The number of carboxylic acids is 1. The number of benzene rings is 1. The van der Waals surface area contributed by atoms with Crippen LogP contribution in [0.3, 0.4) is 0 Å². The lowest BCUT2D eigenvalue weighted by Gasteiger charge is -2.14. The summed E-state index contributed by atoms with van der Waals surface area (Å²) in [6.07, 6.45) is 3.40. The van der Waals surface area contributed by atoms with E-state index in [1.807, 2.05) is 0 Å². The van der Waals surface area contributed by atoms with E-state index in [1.54, 1.807) is 36.7 Å². The number of pyridine rings is 1. The minimum Gasteiger partial charge on any atom is -0.508 e. The number of phenolic OH excluding ortho intramolecular Hbond substituents is 1. The van der Waals surface area contributed by atoms with Crippen molar-refractivity contribution in [2.24, 2.45) is 0 Å². The van der Waals surface area contributed by atoms with Gasteiger partial charge < -0.3 is 15.5 Å². The third-order valence-corrected chi connectivity index (χ3v) is 3.12. The topological polar surface area (TPSA) is 99.5 Å². The van der Waals surface area contributed by atoms with Crippen LogP contribution in [0.2, 0.25) is 0 Å². The fourth-order valence-corrected chi connectivity index (χ4v) is 2.00. The molecule has 1 unspecified atom stereocenters. The summed E-state index contributed by atoms with van der Waals surface area (Å²) >= 11 is 0. The van der Waals surface area contributed by atoms with Crippen LogP contribution in [-0.2, 0) is 22.4 Å². The molecular formula is C16H16N2O4. The first kappa shape index (κ1) is 15.5. The summed E-state index contributed by atoms with van der Waals surface area (Å²) in [5.74, 6) is -1.36. The summed E-state index contributed by atoms with van der Waals surface area (Å²) in [5.41, 5.74) is 1.48. The molecule has 0 spiro atoms. The fourth-order valence-electron chi connectivity index (χ4n) is 2.00. The first-order valence-corrected chi connectivity index (χ1v) is 6.73. The summed E-state index contributed by atoms with van der Waals surface area (Å²) in [4.78, 5) is 27.1. The van der Waals surface area contributed by atoms with Gasteiger partial charge in [-0.15, -0.1) is 0 Å². The highest BCUT2D eigenvalue weighted by molar-refractivity contribution is 5.85. The van der Waals surface area contributed by atoms with Crippen LogP contribution in [0.25, 0.3) is 0 Å². The summed E-state index contributed by atoms with van der Waals surface area (Å²) in [6, 6.07) is 8.60. The van der Waals surface area contributed by atoms with Crippen LogP contribution < -0.4 is 5.32 Å². The Hall–Kier alpha value is -2.89. The Bertz CT molecular complexity index is 641. The van der Waals surface area contributed by atoms with Crippen molar-refractivity contribution in [3.05, 3.63) is 59.9 Å². The molecule has 114 valence electrons. The number of hydrogen-bond acceptors (Lipinski definition) is 4. The molecule has 0 aliphatic heterocycles. The molecule has 1 heterocycles. The Morgan fingerprint density at radius 1 is 1.05 bits per heavy atom. The first-order valence-electron chi connectivity index (χ1n) is 6.73. The largest absolute Gasteiger partial charge is 0.508 e. The predicted octanol–water partition coefficient (Wildman–Crippen LogP) is 1.14. The van der Waals surface area contributed by atoms with Gasteiger partial charge in [0.15, 0.2) is 0 Å². The molecule has 1 aromatic heterocycles. The van der Waals surface area contributed by atoms with Crippen LogP contribution in [0.4, 0.5) is 0 Å². The van der Waals surface area contributed by atoms with E-state index >= 15 is 0 Å². The zero-order valence-corrected chi connectivity index (χ0v) is 11.8. The van der Waals surface area contributed by atoms with E-state index in [9.17, 15) is 19.8 Å². The number of amides is 1. The normalized spacial score (nSPS) is 11.6. The van der Waals surface area contributed by atoms with Gasteiger partial charge in [-0.25, -0.2) is 4.79 Å². The van der Waals surface area contributed by atoms with E-state index < -0.39 is 12.0 Å². The van der Waals surface area contributed by atoms with Crippen molar-refractivity contribution in [1.82, 2.24) is 10.3 Å². The lowest BCUT2D eigenvalue weighted by atomic mass is 10.1. The van der Waals surface area contributed by atoms with Crippen molar-refractivity contribution in [1.29, 1.82) is 0 Å². The monoisotopic (exact) mass is 300 g/mol. The summed E-state index contributed by atoms with van der Waals surface area (Å²) in [6.45, 7) is 0. The summed E-state index contributed by atoms with van der Waals surface area (Å²) in [7, 11) is 0. The van der Waals surface area contributed by atoms with Gasteiger partial charge in [0.2, 0.25) is 5.91 Å². The van der Waals surface area contributed by atoms with Gasteiger partial charge in [-0.05, 0) is 35.4 Å². The molecule has 1 amide bonds. The van der Waals surface area contributed by atoms with E-state index in [-0.39, 0.29) is 24.5 Å². The number of rotatable bonds is 6. The highest BCUT2D eigenvalue weighted by Crippen LogP contribution is 2.11. The van der Waals surface area contributed by atoms with Gasteiger partial charge in [0.1, 0.15) is 11.8 Å². The van der Waals surface area contributed by atoms with Gasteiger partial charge in [0.05, 0.1) is 6.42 Å².